The molecule has 0 bridgehead atoms. The Morgan fingerprint density at radius 1 is 1.38 bits per heavy atom. The van der Waals surface area contributed by atoms with E-state index in [1.165, 1.54) is 0 Å². The van der Waals surface area contributed by atoms with Crippen molar-refractivity contribution in [3.63, 3.8) is 0 Å². The summed E-state index contributed by atoms with van der Waals surface area (Å²) in [6, 6.07) is 0. The molecular weight excluding hydrogens is 181 g/mol. The molecule has 0 radical (unpaired) electrons. The van der Waals surface area contributed by atoms with Gasteiger partial charge in [-0.2, -0.15) is 0 Å². The summed E-state index contributed by atoms with van der Waals surface area (Å²) in [5.41, 5.74) is 1.09. The van der Waals surface area contributed by atoms with E-state index >= 15 is 0 Å². The van der Waals surface area contributed by atoms with Gasteiger partial charge in [-0.25, -0.2) is 0 Å². The molecule has 1 unspecified atom stereocenters. The average molecular weight is 205 g/mol. The van der Waals surface area contributed by atoms with Crippen molar-refractivity contribution in [1.29, 1.82) is 0 Å². The van der Waals surface area contributed by atoms with Crippen LogP contribution in [-0.4, -0.2) is 18.0 Å². The molecule has 0 rings (SSSR count). The first-order chi connectivity index (χ1) is 5.91. The van der Waals surface area contributed by atoms with Gasteiger partial charge in [-0.3, -0.25) is 0 Å². The van der Waals surface area contributed by atoms with Gasteiger partial charge in [0.2, 0.25) is 0 Å². The van der Waals surface area contributed by atoms with E-state index in [2.05, 4.69) is 43.7 Å². The number of carbonyl (C=O) groups excluding carboxylic acids is 1. The molecule has 3 heteroatoms. The van der Waals surface area contributed by atoms with Crippen LogP contribution in [-0.2, 0) is 4.79 Å². The molecule has 2 nitrogen and oxygen atoms in total. The second-order valence-electron chi connectivity index (χ2n) is 3.25. The quantitative estimate of drug-likeness (QED) is 0.645. The summed E-state index contributed by atoms with van der Waals surface area (Å²) in [6.07, 6.45) is 0. The lowest BCUT2D eigenvalue weighted by molar-refractivity contribution is -0.0979. The van der Waals surface area contributed by atoms with Crippen molar-refractivity contribution in [2.24, 2.45) is 5.92 Å². The molecule has 0 aliphatic heterocycles. The molecule has 0 spiro atoms. The Morgan fingerprint density at radius 3 is 1.62 bits per heavy atom. The molecule has 1 atom stereocenters. The Balaban J connectivity index is -0.000000142. The van der Waals surface area contributed by atoms with Gasteiger partial charge in [0.1, 0.15) is 6.79 Å². The number of hydrogen-bond donors (Lipinski definition) is 0. The number of carbonyl (C=O) groups is 1. The fourth-order valence-electron chi connectivity index (χ4n) is 0.270. The molecule has 0 aliphatic rings. The zero-order valence-electron chi connectivity index (χ0n) is 9.63. The molecule has 0 aromatic heterocycles. The maximum absolute atomic E-state index is 8.00. The largest absolute Gasteiger partial charge is 0.360 e. The zero-order valence-corrected chi connectivity index (χ0v) is 10.8. The third kappa shape index (κ3) is 34.0. The van der Waals surface area contributed by atoms with Crippen LogP contribution < -0.4 is 0 Å². The third-order valence-electron chi connectivity index (χ3n) is 0.831. The first kappa shape index (κ1) is 18.4. The van der Waals surface area contributed by atoms with Crippen LogP contribution >= 0.6 is 9.39 Å². The van der Waals surface area contributed by atoms with Gasteiger partial charge in [0.25, 0.3) is 0 Å². The van der Waals surface area contributed by atoms with Crippen LogP contribution in [0.1, 0.15) is 34.6 Å². The Bertz CT molecular complexity index is 113. The van der Waals surface area contributed by atoms with Crippen molar-refractivity contribution in [2.75, 3.05) is 6.54 Å². The zero-order chi connectivity index (χ0) is 11.4. The summed E-state index contributed by atoms with van der Waals surface area (Å²) in [6.45, 7) is 17.3. The van der Waals surface area contributed by atoms with Crippen molar-refractivity contribution in [2.45, 2.75) is 34.6 Å². The summed E-state index contributed by atoms with van der Waals surface area (Å²) in [5, 5.41) is 0. The Morgan fingerprint density at radius 2 is 1.62 bits per heavy atom. The second-order valence-corrected chi connectivity index (χ2v) is 3.88. The van der Waals surface area contributed by atoms with Crippen LogP contribution in [0.5, 0.6) is 0 Å². The molecule has 80 valence electrons. The van der Waals surface area contributed by atoms with E-state index in [4.69, 9.17) is 4.79 Å². The van der Waals surface area contributed by atoms with Crippen molar-refractivity contribution in [3.8, 4) is 0 Å². The van der Waals surface area contributed by atoms with Crippen LogP contribution in [0.25, 0.3) is 0 Å². The van der Waals surface area contributed by atoms with E-state index in [-0.39, 0.29) is 0 Å². The molecule has 0 aromatic carbocycles. The summed E-state index contributed by atoms with van der Waals surface area (Å²) in [5.74, 6) is 0.833. The van der Waals surface area contributed by atoms with Crippen LogP contribution in [0.3, 0.4) is 0 Å². The van der Waals surface area contributed by atoms with Crippen LogP contribution in [0, 0.1) is 5.92 Å². The van der Waals surface area contributed by atoms with E-state index in [0.717, 1.165) is 18.2 Å². The maximum atomic E-state index is 8.00. The molecule has 0 aliphatic carbocycles. The molecular formula is C10H24NOP. The van der Waals surface area contributed by atoms with E-state index in [0.29, 0.717) is 0 Å². The van der Waals surface area contributed by atoms with E-state index in [1.807, 2.05) is 18.4 Å². The molecule has 13 heavy (non-hydrogen) atoms. The highest BCUT2D eigenvalue weighted by atomic mass is 31.0. The van der Waals surface area contributed by atoms with Crippen LogP contribution in [0.15, 0.2) is 12.3 Å². The van der Waals surface area contributed by atoms with E-state index in [9.17, 15) is 0 Å². The fraction of sp³-hybridized carbons (Fsp3) is 0.700. The molecule has 0 N–H and O–H groups in total. The Kier molecular flexibility index (Phi) is 20.1. The van der Waals surface area contributed by atoms with Gasteiger partial charge in [-0.1, -0.05) is 27.4 Å². The minimum Gasteiger partial charge on any atom is -0.360 e. The van der Waals surface area contributed by atoms with Crippen LogP contribution in [0.2, 0.25) is 0 Å². The van der Waals surface area contributed by atoms with Gasteiger partial charge in [0, 0.05) is 12.2 Å². The number of rotatable bonds is 2. The Labute approximate surface area is 85.7 Å². The highest BCUT2D eigenvalue weighted by molar-refractivity contribution is 7.13. The van der Waals surface area contributed by atoms with Gasteiger partial charge in [-0.05, 0) is 29.2 Å². The first-order valence-electron chi connectivity index (χ1n) is 4.38. The molecule has 0 saturated heterocycles. The average Bonchev–Trinajstić information content (AvgIpc) is 2.05. The lowest BCUT2D eigenvalue weighted by atomic mass is 10.3. The summed E-state index contributed by atoms with van der Waals surface area (Å²) < 4.78 is 2.01. The topological polar surface area (TPSA) is 20.3 Å². The van der Waals surface area contributed by atoms with Crippen molar-refractivity contribution in [1.82, 2.24) is 4.67 Å². The minimum atomic E-state index is 0.833. The molecule has 0 fully saturated rings. The van der Waals surface area contributed by atoms with Gasteiger partial charge in [-0.15, -0.1) is 0 Å². The SMILES string of the molecule is C=C(C)N(P)CC.C=O.CC(C)C. The molecule has 0 amide bonds. The minimum absolute atomic E-state index is 0.833. The summed E-state index contributed by atoms with van der Waals surface area (Å²) in [4.78, 5) is 8.00. The monoisotopic (exact) mass is 205 g/mol. The number of nitrogens with zero attached hydrogens (tertiary/aromatic N) is 1. The molecule has 0 aromatic rings. The van der Waals surface area contributed by atoms with Crippen molar-refractivity contribution >= 4 is 16.2 Å². The highest BCUT2D eigenvalue weighted by Crippen LogP contribution is 2.04. The maximum Gasteiger partial charge on any atom is 0.106 e. The molecule has 0 heterocycles. The van der Waals surface area contributed by atoms with E-state index in [1.54, 1.807) is 0 Å². The first-order valence-corrected chi connectivity index (χ1v) is 4.90. The predicted octanol–water partition coefficient (Wildman–Crippen LogP) is 3.11. The van der Waals surface area contributed by atoms with Gasteiger partial charge in [0.05, 0.1) is 0 Å². The molecule has 0 saturated carbocycles. The fourth-order valence-corrected chi connectivity index (χ4v) is 0.270. The lowest BCUT2D eigenvalue weighted by Crippen LogP contribution is -2.04. The number of allylic oxidation sites excluding steroid dienone is 1. The summed E-state index contributed by atoms with van der Waals surface area (Å²) >= 11 is 0. The smallest absolute Gasteiger partial charge is 0.106 e. The van der Waals surface area contributed by atoms with Gasteiger partial charge in [0.15, 0.2) is 0 Å². The normalized spacial score (nSPS) is 7.62. The predicted molar refractivity (Wildman–Crippen MR) is 64.5 cm³/mol. The summed E-state index contributed by atoms with van der Waals surface area (Å²) in [7, 11) is 2.58. The highest BCUT2D eigenvalue weighted by Gasteiger charge is 1.86. The van der Waals surface area contributed by atoms with Crippen molar-refractivity contribution < 1.29 is 4.79 Å². The third-order valence-corrected chi connectivity index (χ3v) is 1.64. The standard InChI is InChI=1S/C5H12NP.C4H10.CH2O/c1-4-6(7)5(2)3;1-4(2)3;1-2/h2,4,7H2,1,3H3;4H,1-3H3;1H2. The van der Waals surface area contributed by atoms with Gasteiger partial charge >= 0.3 is 0 Å². The van der Waals surface area contributed by atoms with Crippen molar-refractivity contribution in [3.05, 3.63) is 12.3 Å². The van der Waals surface area contributed by atoms with Crippen LogP contribution in [0.4, 0.5) is 0 Å². The van der Waals surface area contributed by atoms with E-state index < -0.39 is 0 Å². The number of hydrogen-bond acceptors (Lipinski definition) is 2. The second kappa shape index (κ2) is 14.2. The Hall–Kier alpha value is -0.360. The van der Waals surface area contributed by atoms with Gasteiger partial charge < -0.3 is 9.46 Å². The lowest BCUT2D eigenvalue weighted by Gasteiger charge is -2.14.